The van der Waals surface area contributed by atoms with Crippen LogP contribution in [0.1, 0.15) is 36.5 Å². The molecule has 0 spiro atoms. The lowest BCUT2D eigenvalue weighted by Crippen LogP contribution is -2.37. The van der Waals surface area contributed by atoms with E-state index in [0.29, 0.717) is 6.04 Å². The van der Waals surface area contributed by atoms with Crippen molar-refractivity contribution in [2.45, 2.75) is 51.6 Å². The van der Waals surface area contributed by atoms with Crippen molar-refractivity contribution in [3.05, 3.63) is 17.2 Å². The van der Waals surface area contributed by atoms with Crippen LogP contribution < -0.4 is 5.32 Å². The molecule has 1 aliphatic heterocycles. The topological polar surface area (TPSA) is 40.7 Å². The van der Waals surface area contributed by atoms with Crippen LogP contribution in [-0.2, 0) is 6.42 Å². The normalized spacial score (nSPS) is 33.9. The van der Waals surface area contributed by atoms with Gasteiger partial charge in [-0.25, -0.2) is 4.98 Å². The number of nitrogens with zero attached hydrogens (tertiary/aromatic N) is 1. The predicted molar refractivity (Wildman–Crippen MR) is 59.8 cm³/mol. The van der Waals surface area contributed by atoms with Crippen LogP contribution in [0.25, 0.3) is 0 Å². The van der Waals surface area contributed by atoms with Crippen LogP contribution in [0.5, 0.6) is 0 Å². The van der Waals surface area contributed by atoms with Gasteiger partial charge in [0.2, 0.25) is 0 Å². The molecule has 1 aliphatic carbocycles. The standard InChI is InChI=1S/C12H19N3/c1-7-11(14-8(2)13-7)6-12-9-3-4-10(5-9)15-12/h9-10,12,15H,3-6H2,1-2H3,(H,13,14). The van der Waals surface area contributed by atoms with Crippen molar-refractivity contribution in [3.63, 3.8) is 0 Å². The highest BCUT2D eigenvalue weighted by atomic mass is 15.0. The molecule has 82 valence electrons. The van der Waals surface area contributed by atoms with Crippen LogP contribution in [-0.4, -0.2) is 22.1 Å². The van der Waals surface area contributed by atoms with Crippen molar-refractivity contribution in [1.29, 1.82) is 0 Å². The first-order chi connectivity index (χ1) is 7.22. The summed E-state index contributed by atoms with van der Waals surface area (Å²) in [5, 5.41) is 3.72. The minimum absolute atomic E-state index is 0.685. The molecule has 2 aliphatic rings. The highest BCUT2D eigenvalue weighted by molar-refractivity contribution is 5.15. The molecule has 0 aromatic carbocycles. The Labute approximate surface area is 90.7 Å². The molecule has 2 bridgehead atoms. The van der Waals surface area contributed by atoms with Gasteiger partial charge in [0.25, 0.3) is 0 Å². The summed E-state index contributed by atoms with van der Waals surface area (Å²) in [5.41, 5.74) is 2.51. The van der Waals surface area contributed by atoms with E-state index in [2.05, 4.69) is 22.2 Å². The maximum atomic E-state index is 4.56. The molecular formula is C12H19N3. The summed E-state index contributed by atoms with van der Waals surface area (Å²) in [5.74, 6) is 1.96. The molecule has 3 unspecified atom stereocenters. The zero-order valence-corrected chi connectivity index (χ0v) is 9.51. The van der Waals surface area contributed by atoms with Gasteiger partial charge < -0.3 is 10.3 Å². The molecule has 2 heterocycles. The van der Waals surface area contributed by atoms with Gasteiger partial charge in [0.1, 0.15) is 5.82 Å². The third-order valence-corrected chi connectivity index (χ3v) is 4.01. The Kier molecular flexibility index (Phi) is 2.09. The van der Waals surface area contributed by atoms with E-state index in [0.717, 1.165) is 24.2 Å². The van der Waals surface area contributed by atoms with Gasteiger partial charge in [-0.3, -0.25) is 0 Å². The highest BCUT2D eigenvalue weighted by Crippen LogP contribution is 2.36. The average Bonchev–Trinajstić information content (AvgIpc) is 2.83. The van der Waals surface area contributed by atoms with E-state index in [4.69, 9.17) is 0 Å². The molecule has 2 fully saturated rings. The Bertz CT molecular complexity index is 369. The molecule has 1 saturated heterocycles. The lowest BCUT2D eigenvalue weighted by molar-refractivity contribution is 0.377. The van der Waals surface area contributed by atoms with Gasteiger partial charge in [-0.2, -0.15) is 0 Å². The smallest absolute Gasteiger partial charge is 0.103 e. The number of aromatic nitrogens is 2. The number of hydrogen-bond acceptors (Lipinski definition) is 2. The molecule has 2 N–H and O–H groups in total. The second-order valence-corrected chi connectivity index (χ2v) is 5.14. The first-order valence-electron chi connectivity index (χ1n) is 6.00. The summed E-state index contributed by atoms with van der Waals surface area (Å²) in [6, 6.07) is 1.49. The molecule has 3 atom stereocenters. The summed E-state index contributed by atoms with van der Waals surface area (Å²) < 4.78 is 0. The van der Waals surface area contributed by atoms with E-state index in [1.165, 1.54) is 30.7 Å². The Morgan fingerprint density at radius 1 is 1.33 bits per heavy atom. The number of piperidine rings is 1. The summed E-state index contributed by atoms with van der Waals surface area (Å²) >= 11 is 0. The first kappa shape index (κ1) is 9.40. The van der Waals surface area contributed by atoms with E-state index in [9.17, 15) is 0 Å². The number of nitrogens with one attached hydrogen (secondary N) is 2. The van der Waals surface area contributed by atoms with Crippen molar-refractivity contribution in [2.75, 3.05) is 0 Å². The third-order valence-electron chi connectivity index (χ3n) is 4.01. The van der Waals surface area contributed by atoms with Crippen LogP contribution in [0.3, 0.4) is 0 Å². The van der Waals surface area contributed by atoms with Crippen LogP contribution in [0.2, 0.25) is 0 Å². The summed E-state index contributed by atoms with van der Waals surface area (Å²) in [6.07, 6.45) is 5.31. The molecule has 0 radical (unpaired) electrons. The Hall–Kier alpha value is -0.830. The number of imidazole rings is 1. The fraction of sp³-hybridized carbons (Fsp3) is 0.750. The second kappa shape index (κ2) is 3.34. The van der Waals surface area contributed by atoms with Crippen LogP contribution in [0.15, 0.2) is 0 Å². The Balaban J connectivity index is 1.73. The van der Waals surface area contributed by atoms with Crippen molar-refractivity contribution in [3.8, 4) is 0 Å². The van der Waals surface area contributed by atoms with E-state index >= 15 is 0 Å². The average molecular weight is 205 g/mol. The molecule has 3 nitrogen and oxygen atoms in total. The maximum Gasteiger partial charge on any atom is 0.103 e. The van der Waals surface area contributed by atoms with Gasteiger partial charge in [-0.05, 0) is 39.0 Å². The van der Waals surface area contributed by atoms with Gasteiger partial charge in [0.05, 0.1) is 5.69 Å². The number of aryl methyl sites for hydroxylation is 2. The zero-order valence-electron chi connectivity index (χ0n) is 9.51. The molecule has 3 rings (SSSR count). The van der Waals surface area contributed by atoms with Crippen LogP contribution >= 0.6 is 0 Å². The van der Waals surface area contributed by atoms with Gasteiger partial charge in [-0.15, -0.1) is 0 Å². The van der Waals surface area contributed by atoms with Gasteiger partial charge >= 0.3 is 0 Å². The molecule has 0 amide bonds. The largest absolute Gasteiger partial charge is 0.346 e. The number of hydrogen-bond donors (Lipinski definition) is 2. The van der Waals surface area contributed by atoms with Gasteiger partial charge in [0.15, 0.2) is 0 Å². The molecule has 1 aromatic rings. The van der Waals surface area contributed by atoms with Crippen molar-refractivity contribution >= 4 is 0 Å². The SMILES string of the molecule is Cc1nc(CC2NC3CCC2C3)c(C)[nH]1. The van der Waals surface area contributed by atoms with E-state index in [1.54, 1.807) is 0 Å². The van der Waals surface area contributed by atoms with E-state index in [1.807, 2.05) is 6.92 Å². The summed E-state index contributed by atoms with van der Waals surface area (Å²) in [4.78, 5) is 7.85. The molecule has 15 heavy (non-hydrogen) atoms. The fourth-order valence-corrected chi connectivity index (χ4v) is 3.26. The minimum Gasteiger partial charge on any atom is -0.346 e. The molecule has 3 heteroatoms. The Morgan fingerprint density at radius 2 is 2.20 bits per heavy atom. The number of fused-ring (bicyclic) bond motifs is 2. The van der Waals surface area contributed by atoms with Crippen LogP contribution in [0, 0.1) is 19.8 Å². The fourth-order valence-electron chi connectivity index (χ4n) is 3.26. The minimum atomic E-state index is 0.685. The van der Waals surface area contributed by atoms with Crippen molar-refractivity contribution in [2.24, 2.45) is 5.92 Å². The lowest BCUT2D eigenvalue weighted by Gasteiger charge is -2.22. The molecular weight excluding hydrogens is 186 g/mol. The first-order valence-corrected chi connectivity index (χ1v) is 6.00. The quantitative estimate of drug-likeness (QED) is 0.771. The highest BCUT2D eigenvalue weighted by Gasteiger charge is 2.39. The molecule has 1 saturated carbocycles. The maximum absolute atomic E-state index is 4.56. The summed E-state index contributed by atoms with van der Waals surface area (Å²) in [6.45, 7) is 4.16. The van der Waals surface area contributed by atoms with Crippen molar-refractivity contribution in [1.82, 2.24) is 15.3 Å². The number of H-pyrrole nitrogens is 1. The lowest BCUT2D eigenvalue weighted by atomic mass is 9.95. The zero-order chi connectivity index (χ0) is 10.4. The number of rotatable bonds is 2. The van der Waals surface area contributed by atoms with E-state index < -0.39 is 0 Å². The van der Waals surface area contributed by atoms with Crippen molar-refractivity contribution < 1.29 is 0 Å². The monoisotopic (exact) mass is 205 g/mol. The van der Waals surface area contributed by atoms with E-state index in [-0.39, 0.29) is 0 Å². The Morgan fingerprint density at radius 3 is 2.73 bits per heavy atom. The van der Waals surface area contributed by atoms with Gasteiger partial charge in [-0.1, -0.05) is 0 Å². The second-order valence-electron chi connectivity index (χ2n) is 5.14. The third kappa shape index (κ3) is 1.59. The predicted octanol–water partition coefficient (Wildman–Crippen LogP) is 1.71. The van der Waals surface area contributed by atoms with Gasteiger partial charge in [0, 0.05) is 24.2 Å². The number of aromatic amines is 1. The summed E-state index contributed by atoms with van der Waals surface area (Å²) in [7, 11) is 0. The molecule has 1 aromatic heterocycles. The van der Waals surface area contributed by atoms with Crippen LogP contribution in [0.4, 0.5) is 0 Å².